The van der Waals surface area contributed by atoms with Gasteiger partial charge in [-0.3, -0.25) is 14.9 Å². The maximum Gasteiger partial charge on any atom is 0.411 e. The number of carbonyl (C=O) groups excluding carboxylic acids is 2. The van der Waals surface area contributed by atoms with E-state index in [1.54, 1.807) is 0 Å². The molecule has 180 valence electrons. The van der Waals surface area contributed by atoms with E-state index >= 15 is 0 Å². The number of hydrogen-bond donors (Lipinski definition) is 3. The molecule has 0 radical (unpaired) electrons. The van der Waals surface area contributed by atoms with Crippen molar-refractivity contribution in [2.45, 2.75) is 24.8 Å². The number of rotatable bonds is 8. The number of nitrogens with one attached hydrogen (secondary N) is 2. The Morgan fingerprint density at radius 3 is 2.14 bits per heavy atom. The van der Waals surface area contributed by atoms with Gasteiger partial charge in [0, 0.05) is 17.2 Å². The van der Waals surface area contributed by atoms with Crippen LogP contribution in [0.4, 0.5) is 19.3 Å². The highest BCUT2D eigenvalue weighted by molar-refractivity contribution is 5.96. The highest BCUT2D eigenvalue weighted by atomic mass is 19.3. The lowest BCUT2D eigenvalue weighted by Crippen LogP contribution is -2.41. The predicted octanol–water partition coefficient (Wildman–Crippen LogP) is 4.89. The molecule has 4 rings (SSSR count). The Labute approximate surface area is 199 Å². The summed E-state index contributed by atoms with van der Waals surface area (Å²) in [5.41, 5.74) is 4.53. The van der Waals surface area contributed by atoms with E-state index in [2.05, 4.69) is 5.32 Å². The van der Waals surface area contributed by atoms with Gasteiger partial charge in [-0.2, -0.15) is 0 Å². The summed E-state index contributed by atoms with van der Waals surface area (Å²) in [4.78, 5) is 35.6. The smallest absolute Gasteiger partial charge is 0.411 e. The largest absolute Gasteiger partial charge is 0.481 e. The number of hydrogen-bond acceptors (Lipinski definition) is 4. The van der Waals surface area contributed by atoms with E-state index in [4.69, 9.17) is 9.84 Å². The van der Waals surface area contributed by atoms with Gasteiger partial charge < -0.3 is 15.2 Å². The molecule has 2 amide bonds. The maximum atomic E-state index is 13.0. The van der Waals surface area contributed by atoms with Crippen molar-refractivity contribution in [3.63, 3.8) is 0 Å². The normalized spacial score (nSPS) is 13.0. The van der Waals surface area contributed by atoms with Gasteiger partial charge in [0.25, 0.3) is 12.3 Å². The number of carbonyl (C=O) groups is 3. The molecule has 0 saturated carbocycles. The van der Waals surface area contributed by atoms with Crippen LogP contribution in [0, 0.1) is 0 Å². The van der Waals surface area contributed by atoms with Crippen molar-refractivity contribution >= 4 is 23.7 Å². The Bertz CT molecular complexity index is 1220. The van der Waals surface area contributed by atoms with Gasteiger partial charge >= 0.3 is 12.1 Å². The SMILES string of the molecule is O=C(O)CC(NC(=O)c1cccc(NC(=O)OCC2c3ccccc3-c3ccccc32)c1)C(F)F. The quantitative estimate of drug-likeness (QED) is 0.426. The van der Waals surface area contributed by atoms with Gasteiger partial charge in [-0.05, 0) is 40.5 Å². The fourth-order valence-electron chi connectivity index (χ4n) is 4.13. The molecule has 0 saturated heterocycles. The zero-order chi connectivity index (χ0) is 24.9. The third-order valence-corrected chi connectivity index (χ3v) is 5.73. The highest BCUT2D eigenvalue weighted by Gasteiger charge is 2.29. The zero-order valence-corrected chi connectivity index (χ0v) is 18.4. The minimum Gasteiger partial charge on any atom is -0.481 e. The van der Waals surface area contributed by atoms with E-state index in [-0.39, 0.29) is 23.8 Å². The van der Waals surface area contributed by atoms with E-state index < -0.39 is 36.9 Å². The third kappa shape index (κ3) is 5.46. The number of aliphatic carboxylic acids is 1. The third-order valence-electron chi connectivity index (χ3n) is 5.73. The summed E-state index contributed by atoms with van der Waals surface area (Å²) in [5, 5.41) is 13.3. The molecule has 0 spiro atoms. The molecule has 3 aromatic rings. The van der Waals surface area contributed by atoms with Crippen LogP contribution in [0.15, 0.2) is 72.8 Å². The van der Waals surface area contributed by atoms with Crippen LogP contribution in [-0.2, 0) is 9.53 Å². The summed E-state index contributed by atoms with van der Waals surface area (Å²) in [6.07, 6.45) is -4.70. The van der Waals surface area contributed by atoms with Gasteiger partial charge in [0.15, 0.2) is 0 Å². The molecule has 0 aromatic heterocycles. The first-order valence-corrected chi connectivity index (χ1v) is 10.9. The van der Waals surface area contributed by atoms with Crippen LogP contribution in [0.25, 0.3) is 11.1 Å². The number of fused-ring (bicyclic) bond motifs is 3. The van der Waals surface area contributed by atoms with Crippen LogP contribution in [-0.4, -0.2) is 42.2 Å². The highest BCUT2D eigenvalue weighted by Crippen LogP contribution is 2.44. The Morgan fingerprint density at radius 2 is 1.54 bits per heavy atom. The van der Waals surface area contributed by atoms with Crippen LogP contribution < -0.4 is 10.6 Å². The van der Waals surface area contributed by atoms with Crippen molar-refractivity contribution < 1.29 is 33.0 Å². The first kappa shape index (κ1) is 23.9. The Balaban J connectivity index is 1.39. The molecule has 1 unspecified atom stereocenters. The van der Waals surface area contributed by atoms with Crippen LogP contribution in [0.3, 0.4) is 0 Å². The van der Waals surface area contributed by atoms with Crippen molar-refractivity contribution in [3.8, 4) is 11.1 Å². The van der Waals surface area contributed by atoms with Crippen molar-refractivity contribution in [1.29, 1.82) is 0 Å². The van der Waals surface area contributed by atoms with E-state index in [1.165, 1.54) is 24.3 Å². The minimum absolute atomic E-state index is 0.0162. The molecule has 1 atom stereocenters. The summed E-state index contributed by atoms with van der Waals surface area (Å²) in [6.45, 7) is 0.102. The molecular formula is C26H22F2N2O5. The number of amides is 2. The number of carboxylic acid groups (broad SMARTS) is 1. The summed E-state index contributed by atoms with van der Waals surface area (Å²) >= 11 is 0. The first-order chi connectivity index (χ1) is 16.8. The average Bonchev–Trinajstić information content (AvgIpc) is 3.16. The Morgan fingerprint density at radius 1 is 0.914 bits per heavy atom. The van der Waals surface area contributed by atoms with Gasteiger partial charge in [0.1, 0.15) is 12.6 Å². The summed E-state index contributed by atoms with van der Waals surface area (Å²) in [6, 6.07) is 19.6. The molecule has 0 bridgehead atoms. The minimum atomic E-state index is -3.04. The molecular weight excluding hydrogens is 458 g/mol. The van der Waals surface area contributed by atoms with E-state index in [9.17, 15) is 23.2 Å². The van der Waals surface area contributed by atoms with Gasteiger partial charge in [-0.15, -0.1) is 0 Å². The molecule has 1 aliphatic carbocycles. The molecule has 0 aliphatic heterocycles. The molecule has 3 aromatic carbocycles. The summed E-state index contributed by atoms with van der Waals surface area (Å²) in [5.74, 6) is -2.46. The molecule has 3 N–H and O–H groups in total. The second-order valence-electron chi connectivity index (χ2n) is 8.04. The molecule has 9 heteroatoms. The standard InChI is InChI=1S/C26H22F2N2O5/c27-24(28)22(13-23(31)32)30-25(33)15-6-5-7-16(12-15)29-26(34)35-14-21-19-10-3-1-8-17(19)18-9-2-4-11-20(18)21/h1-12,21-22,24H,13-14H2,(H,29,34)(H,30,33)(H,31,32). The molecule has 0 fully saturated rings. The first-order valence-electron chi connectivity index (χ1n) is 10.9. The Kier molecular flexibility index (Phi) is 7.05. The van der Waals surface area contributed by atoms with Crippen molar-refractivity contribution in [2.24, 2.45) is 0 Å². The lowest BCUT2D eigenvalue weighted by Gasteiger charge is -2.16. The monoisotopic (exact) mass is 480 g/mol. The van der Waals surface area contributed by atoms with Crippen molar-refractivity contribution in [1.82, 2.24) is 5.32 Å². The second-order valence-corrected chi connectivity index (χ2v) is 8.04. The number of ether oxygens (including phenoxy) is 1. The number of alkyl halides is 2. The topological polar surface area (TPSA) is 105 Å². The zero-order valence-electron chi connectivity index (χ0n) is 18.4. The van der Waals surface area contributed by atoms with E-state index in [0.29, 0.717) is 0 Å². The van der Waals surface area contributed by atoms with E-state index in [0.717, 1.165) is 22.3 Å². The summed E-state index contributed by atoms with van der Waals surface area (Å²) < 4.78 is 31.5. The predicted molar refractivity (Wildman–Crippen MR) is 125 cm³/mol. The van der Waals surface area contributed by atoms with Gasteiger partial charge in [-0.25, -0.2) is 13.6 Å². The fourth-order valence-corrected chi connectivity index (χ4v) is 4.13. The molecule has 1 aliphatic rings. The lowest BCUT2D eigenvalue weighted by molar-refractivity contribution is -0.138. The van der Waals surface area contributed by atoms with Gasteiger partial charge in [0.2, 0.25) is 0 Å². The van der Waals surface area contributed by atoms with Crippen LogP contribution in [0.2, 0.25) is 0 Å². The maximum absolute atomic E-state index is 13.0. The molecule has 7 nitrogen and oxygen atoms in total. The Hall–Kier alpha value is -4.27. The lowest BCUT2D eigenvalue weighted by atomic mass is 9.98. The molecule has 0 heterocycles. The number of carboxylic acids is 1. The van der Waals surface area contributed by atoms with Crippen molar-refractivity contribution in [2.75, 3.05) is 11.9 Å². The second kappa shape index (κ2) is 10.3. The number of benzene rings is 3. The molecule has 35 heavy (non-hydrogen) atoms. The van der Waals surface area contributed by atoms with Crippen LogP contribution >= 0.6 is 0 Å². The average molecular weight is 480 g/mol. The van der Waals surface area contributed by atoms with Crippen LogP contribution in [0.5, 0.6) is 0 Å². The van der Waals surface area contributed by atoms with Gasteiger partial charge in [-0.1, -0.05) is 54.6 Å². The van der Waals surface area contributed by atoms with Crippen LogP contribution in [0.1, 0.15) is 33.8 Å². The number of anilines is 1. The van der Waals surface area contributed by atoms with Crippen molar-refractivity contribution in [3.05, 3.63) is 89.5 Å². The van der Waals surface area contributed by atoms with E-state index in [1.807, 2.05) is 53.8 Å². The number of halogens is 2. The summed E-state index contributed by atoms with van der Waals surface area (Å²) in [7, 11) is 0. The fraction of sp³-hybridized carbons (Fsp3) is 0.192. The van der Waals surface area contributed by atoms with Gasteiger partial charge in [0.05, 0.1) is 6.42 Å².